The highest BCUT2D eigenvalue weighted by Gasteiger charge is 2.23. The Kier molecular flexibility index (Phi) is 9.54. The van der Waals surface area contributed by atoms with Gasteiger partial charge in [-0.05, 0) is 56.5 Å². The predicted molar refractivity (Wildman–Crippen MR) is 119 cm³/mol. The summed E-state index contributed by atoms with van der Waals surface area (Å²) in [6.07, 6.45) is 4.60. The summed E-state index contributed by atoms with van der Waals surface area (Å²) >= 11 is 6.24. The summed E-state index contributed by atoms with van der Waals surface area (Å²) in [5, 5.41) is 7.68. The standard InChI is InChI=1S/C22H35ClN4O2/c1-24-22(25-9-5-12-28-16-18-8-13-29-17-18)26-15-21(27-10-2-3-11-27)19-6-4-7-20(23)14-19/h4,6-7,14,18,21H,2-3,5,8-13,15-17H2,1H3,(H2,24,25,26). The van der Waals surface area contributed by atoms with Crippen LogP contribution in [0.25, 0.3) is 0 Å². The van der Waals surface area contributed by atoms with Crippen molar-refractivity contribution in [1.29, 1.82) is 0 Å². The van der Waals surface area contributed by atoms with E-state index in [1.807, 2.05) is 19.2 Å². The molecule has 0 spiro atoms. The predicted octanol–water partition coefficient (Wildman–Crippen LogP) is 3.09. The number of likely N-dealkylation sites (tertiary alicyclic amines) is 1. The highest BCUT2D eigenvalue weighted by Crippen LogP contribution is 2.26. The van der Waals surface area contributed by atoms with E-state index in [-0.39, 0.29) is 0 Å². The van der Waals surface area contributed by atoms with Crippen LogP contribution in [0.1, 0.15) is 37.3 Å². The number of halogens is 1. The lowest BCUT2D eigenvalue weighted by molar-refractivity contribution is 0.0888. The lowest BCUT2D eigenvalue weighted by Gasteiger charge is -2.29. The number of benzene rings is 1. The zero-order chi connectivity index (χ0) is 20.3. The van der Waals surface area contributed by atoms with Gasteiger partial charge >= 0.3 is 0 Å². The van der Waals surface area contributed by atoms with Gasteiger partial charge in [0, 0.05) is 44.3 Å². The summed E-state index contributed by atoms with van der Waals surface area (Å²) in [7, 11) is 1.82. The minimum Gasteiger partial charge on any atom is -0.381 e. The average molecular weight is 423 g/mol. The van der Waals surface area contributed by atoms with Gasteiger partial charge in [0.1, 0.15) is 0 Å². The number of nitrogens with zero attached hydrogens (tertiary/aromatic N) is 2. The summed E-state index contributed by atoms with van der Waals surface area (Å²) in [5.74, 6) is 1.41. The first-order valence-electron chi connectivity index (χ1n) is 10.9. The Hall–Kier alpha value is -1.34. The summed E-state index contributed by atoms with van der Waals surface area (Å²) in [6, 6.07) is 8.51. The van der Waals surface area contributed by atoms with E-state index in [9.17, 15) is 0 Å². The van der Waals surface area contributed by atoms with Gasteiger partial charge in [-0.25, -0.2) is 0 Å². The minimum atomic E-state index is 0.298. The maximum atomic E-state index is 6.24. The molecule has 2 fully saturated rings. The van der Waals surface area contributed by atoms with Gasteiger partial charge < -0.3 is 20.1 Å². The van der Waals surface area contributed by atoms with Gasteiger partial charge in [-0.1, -0.05) is 23.7 Å². The molecular formula is C22H35ClN4O2. The maximum absolute atomic E-state index is 6.24. The van der Waals surface area contributed by atoms with Gasteiger partial charge in [0.05, 0.1) is 19.3 Å². The molecule has 162 valence electrons. The third-order valence-electron chi connectivity index (χ3n) is 5.64. The van der Waals surface area contributed by atoms with Crippen LogP contribution in [-0.4, -0.2) is 70.5 Å². The van der Waals surface area contributed by atoms with E-state index in [1.165, 1.54) is 18.4 Å². The molecule has 2 saturated heterocycles. The van der Waals surface area contributed by atoms with Crippen molar-refractivity contribution >= 4 is 17.6 Å². The molecule has 2 unspecified atom stereocenters. The molecule has 1 aromatic carbocycles. The second-order valence-electron chi connectivity index (χ2n) is 7.85. The number of nitrogens with one attached hydrogen (secondary N) is 2. The van der Waals surface area contributed by atoms with E-state index in [0.29, 0.717) is 12.0 Å². The second kappa shape index (κ2) is 12.4. The number of guanidine groups is 1. The third-order valence-corrected chi connectivity index (χ3v) is 5.87. The molecule has 29 heavy (non-hydrogen) atoms. The first-order valence-corrected chi connectivity index (χ1v) is 11.2. The van der Waals surface area contributed by atoms with Crippen LogP contribution in [-0.2, 0) is 9.47 Å². The lowest BCUT2D eigenvalue weighted by Crippen LogP contribution is -2.43. The van der Waals surface area contributed by atoms with Crippen LogP contribution in [0.4, 0.5) is 0 Å². The molecule has 2 atom stereocenters. The van der Waals surface area contributed by atoms with E-state index < -0.39 is 0 Å². The molecule has 0 radical (unpaired) electrons. The van der Waals surface area contributed by atoms with Gasteiger partial charge in [-0.2, -0.15) is 0 Å². The zero-order valence-electron chi connectivity index (χ0n) is 17.5. The number of hydrogen-bond donors (Lipinski definition) is 2. The summed E-state index contributed by atoms with van der Waals surface area (Å²) in [4.78, 5) is 6.91. The number of ether oxygens (including phenoxy) is 2. The summed E-state index contributed by atoms with van der Waals surface area (Å²) < 4.78 is 11.1. The van der Waals surface area contributed by atoms with Crippen molar-refractivity contribution in [1.82, 2.24) is 15.5 Å². The van der Waals surface area contributed by atoms with E-state index in [1.54, 1.807) is 0 Å². The molecule has 0 amide bonds. The molecule has 2 heterocycles. The fourth-order valence-corrected chi connectivity index (χ4v) is 4.18. The summed E-state index contributed by atoms with van der Waals surface area (Å²) in [5.41, 5.74) is 1.26. The molecule has 2 aliphatic heterocycles. The Balaban J connectivity index is 1.40. The number of hydrogen-bond acceptors (Lipinski definition) is 4. The Morgan fingerprint density at radius 2 is 2.21 bits per heavy atom. The topological polar surface area (TPSA) is 58.1 Å². The average Bonchev–Trinajstić information content (AvgIpc) is 3.43. The van der Waals surface area contributed by atoms with Crippen LogP contribution in [0.3, 0.4) is 0 Å². The van der Waals surface area contributed by atoms with E-state index in [4.69, 9.17) is 21.1 Å². The zero-order valence-corrected chi connectivity index (χ0v) is 18.3. The molecular weight excluding hydrogens is 388 g/mol. The van der Waals surface area contributed by atoms with Crippen molar-refractivity contribution in [3.05, 3.63) is 34.9 Å². The van der Waals surface area contributed by atoms with Crippen molar-refractivity contribution in [2.75, 3.05) is 59.7 Å². The Morgan fingerprint density at radius 1 is 1.34 bits per heavy atom. The van der Waals surface area contributed by atoms with Crippen LogP contribution >= 0.6 is 11.6 Å². The molecule has 0 bridgehead atoms. The molecule has 7 heteroatoms. The molecule has 0 saturated carbocycles. The van der Waals surface area contributed by atoms with Crippen LogP contribution in [0, 0.1) is 5.92 Å². The molecule has 6 nitrogen and oxygen atoms in total. The van der Waals surface area contributed by atoms with Crippen molar-refractivity contribution in [3.63, 3.8) is 0 Å². The first kappa shape index (κ1) is 22.3. The molecule has 0 aliphatic carbocycles. The van der Waals surface area contributed by atoms with E-state index >= 15 is 0 Å². The molecule has 2 aliphatic rings. The fraction of sp³-hybridized carbons (Fsp3) is 0.682. The minimum absolute atomic E-state index is 0.298. The molecule has 3 rings (SSSR count). The van der Waals surface area contributed by atoms with Gasteiger partial charge in [0.25, 0.3) is 0 Å². The fourth-order valence-electron chi connectivity index (χ4n) is 3.98. The van der Waals surface area contributed by atoms with Gasteiger partial charge in [-0.3, -0.25) is 9.89 Å². The third kappa shape index (κ3) is 7.45. The van der Waals surface area contributed by atoms with Crippen molar-refractivity contribution in [3.8, 4) is 0 Å². The molecule has 0 aromatic heterocycles. The van der Waals surface area contributed by atoms with Crippen LogP contribution in [0.2, 0.25) is 5.02 Å². The van der Waals surface area contributed by atoms with Crippen LogP contribution in [0.15, 0.2) is 29.3 Å². The Bertz CT molecular complexity index is 631. The van der Waals surface area contributed by atoms with Crippen LogP contribution in [0.5, 0.6) is 0 Å². The summed E-state index contributed by atoms with van der Waals surface area (Å²) in [6.45, 7) is 7.21. The number of rotatable bonds is 10. The number of aliphatic imine (C=N–C) groups is 1. The lowest BCUT2D eigenvalue weighted by atomic mass is 10.1. The molecule has 1 aromatic rings. The van der Waals surface area contributed by atoms with Crippen molar-refractivity contribution in [2.24, 2.45) is 10.9 Å². The Morgan fingerprint density at radius 3 is 2.93 bits per heavy atom. The monoisotopic (exact) mass is 422 g/mol. The quantitative estimate of drug-likeness (QED) is 0.344. The smallest absolute Gasteiger partial charge is 0.191 e. The largest absolute Gasteiger partial charge is 0.381 e. The van der Waals surface area contributed by atoms with Crippen molar-refractivity contribution < 1.29 is 9.47 Å². The van der Waals surface area contributed by atoms with E-state index in [2.05, 4.69) is 32.7 Å². The highest BCUT2D eigenvalue weighted by atomic mass is 35.5. The van der Waals surface area contributed by atoms with E-state index in [0.717, 1.165) is 76.4 Å². The van der Waals surface area contributed by atoms with Gasteiger partial charge in [0.2, 0.25) is 0 Å². The highest BCUT2D eigenvalue weighted by molar-refractivity contribution is 6.30. The normalized spacial score (nSPS) is 21.4. The second-order valence-corrected chi connectivity index (χ2v) is 8.29. The maximum Gasteiger partial charge on any atom is 0.191 e. The molecule has 2 N–H and O–H groups in total. The van der Waals surface area contributed by atoms with Crippen LogP contribution < -0.4 is 10.6 Å². The van der Waals surface area contributed by atoms with Crippen molar-refractivity contribution in [2.45, 2.75) is 31.7 Å². The Labute approximate surface area is 180 Å². The first-order chi connectivity index (χ1) is 14.3. The van der Waals surface area contributed by atoms with Gasteiger partial charge in [-0.15, -0.1) is 0 Å². The van der Waals surface area contributed by atoms with Gasteiger partial charge in [0.15, 0.2) is 5.96 Å². The SMILES string of the molecule is CN=C(NCCCOCC1CCOC1)NCC(c1cccc(Cl)c1)N1CCCC1.